The Hall–Kier alpha value is -3.42. The highest BCUT2D eigenvalue weighted by Crippen LogP contribution is 2.15. The van der Waals surface area contributed by atoms with Gasteiger partial charge in [0.25, 0.3) is 5.56 Å². The number of benzene rings is 1. The highest BCUT2D eigenvalue weighted by Gasteiger charge is 2.19. The van der Waals surface area contributed by atoms with Crippen LogP contribution in [0.5, 0.6) is 0 Å². The van der Waals surface area contributed by atoms with E-state index in [0.29, 0.717) is 5.69 Å². The van der Waals surface area contributed by atoms with Gasteiger partial charge in [0.2, 0.25) is 5.91 Å². The fourth-order valence-electron chi connectivity index (χ4n) is 2.51. The molecule has 0 aliphatic rings. The molecule has 0 bridgehead atoms. The lowest BCUT2D eigenvalue weighted by Gasteiger charge is -2.15. The molecule has 0 spiro atoms. The van der Waals surface area contributed by atoms with Crippen LogP contribution in [0.1, 0.15) is 18.5 Å². The fraction of sp³-hybridized carbons (Fsp3) is 0.158. The Labute approximate surface area is 153 Å². The van der Waals surface area contributed by atoms with Gasteiger partial charge in [0.05, 0.1) is 5.69 Å². The molecule has 2 heterocycles. The molecule has 0 saturated heterocycles. The van der Waals surface area contributed by atoms with Crippen molar-refractivity contribution < 1.29 is 13.6 Å². The quantitative estimate of drug-likeness (QED) is 0.749. The number of hydrogen-bond donors (Lipinski definition) is 1. The van der Waals surface area contributed by atoms with E-state index < -0.39 is 29.1 Å². The van der Waals surface area contributed by atoms with E-state index in [4.69, 9.17) is 0 Å². The van der Waals surface area contributed by atoms with Crippen molar-refractivity contribution in [3.05, 3.63) is 82.4 Å². The Balaban J connectivity index is 1.80. The summed E-state index contributed by atoms with van der Waals surface area (Å²) in [6, 6.07) is 8.81. The molecule has 3 aromatic rings. The van der Waals surface area contributed by atoms with Crippen LogP contribution in [0.15, 0.2) is 59.7 Å². The van der Waals surface area contributed by atoms with Gasteiger partial charge in [-0.05, 0) is 37.3 Å². The van der Waals surface area contributed by atoms with Crippen LogP contribution < -0.4 is 10.9 Å². The van der Waals surface area contributed by atoms with Crippen LogP contribution in [-0.4, -0.2) is 20.7 Å². The number of carbonyl (C=O) groups is 1. The summed E-state index contributed by atoms with van der Waals surface area (Å²) in [7, 11) is 0. The summed E-state index contributed by atoms with van der Waals surface area (Å²) in [6.45, 7) is 1.15. The van der Waals surface area contributed by atoms with Gasteiger partial charge < -0.3 is 5.32 Å². The molecule has 3 rings (SSSR count). The number of nitrogens with one attached hydrogen (secondary N) is 1. The number of carbonyl (C=O) groups excluding carboxylic acids is 1. The number of pyridine rings is 1. The molecule has 0 aliphatic carbocycles. The molecule has 0 radical (unpaired) electrons. The summed E-state index contributed by atoms with van der Waals surface area (Å²) >= 11 is 0. The van der Waals surface area contributed by atoms with Crippen LogP contribution in [0.2, 0.25) is 0 Å². The van der Waals surface area contributed by atoms with Crippen LogP contribution in [0.4, 0.5) is 8.78 Å². The lowest BCUT2D eigenvalue weighted by molar-refractivity contribution is -0.124. The molecule has 138 valence electrons. The third kappa shape index (κ3) is 4.05. The maximum Gasteiger partial charge on any atom is 0.267 e. The Morgan fingerprint density at radius 1 is 1.11 bits per heavy atom. The molecule has 1 atom stereocenters. The molecule has 0 saturated carbocycles. The topological polar surface area (TPSA) is 76.9 Å². The van der Waals surface area contributed by atoms with E-state index in [-0.39, 0.29) is 12.1 Å². The molecule has 1 N–H and O–H groups in total. The van der Waals surface area contributed by atoms with Crippen molar-refractivity contribution in [2.45, 2.75) is 19.5 Å². The third-order valence-corrected chi connectivity index (χ3v) is 4.05. The largest absolute Gasteiger partial charge is 0.350 e. The SMILES string of the molecule is CC(C(=O)NCc1c(F)cccc1F)n1nc(-c2ccncc2)ccc1=O. The molecule has 1 amide bonds. The van der Waals surface area contributed by atoms with Gasteiger partial charge in [-0.1, -0.05) is 6.07 Å². The number of halogens is 2. The lowest BCUT2D eigenvalue weighted by Crippen LogP contribution is -2.37. The molecule has 27 heavy (non-hydrogen) atoms. The number of amides is 1. The van der Waals surface area contributed by atoms with Crippen molar-refractivity contribution in [2.24, 2.45) is 0 Å². The lowest BCUT2D eigenvalue weighted by atomic mass is 10.2. The second kappa shape index (κ2) is 7.86. The molecule has 1 unspecified atom stereocenters. The van der Waals surface area contributed by atoms with E-state index in [9.17, 15) is 18.4 Å². The maximum absolute atomic E-state index is 13.7. The van der Waals surface area contributed by atoms with Crippen molar-refractivity contribution in [1.29, 1.82) is 0 Å². The Morgan fingerprint density at radius 2 is 1.78 bits per heavy atom. The summed E-state index contributed by atoms with van der Waals surface area (Å²) in [6.07, 6.45) is 3.18. The first kappa shape index (κ1) is 18.4. The average molecular weight is 370 g/mol. The van der Waals surface area contributed by atoms with Crippen molar-refractivity contribution in [3.63, 3.8) is 0 Å². The first-order valence-electron chi connectivity index (χ1n) is 8.18. The zero-order chi connectivity index (χ0) is 19.4. The van der Waals surface area contributed by atoms with Gasteiger partial charge in [0.1, 0.15) is 17.7 Å². The van der Waals surface area contributed by atoms with E-state index in [0.717, 1.165) is 22.4 Å². The number of nitrogens with zero attached hydrogens (tertiary/aromatic N) is 3. The fourth-order valence-corrected chi connectivity index (χ4v) is 2.51. The highest BCUT2D eigenvalue weighted by molar-refractivity contribution is 5.79. The zero-order valence-electron chi connectivity index (χ0n) is 14.4. The minimum atomic E-state index is -0.964. The van der Waals surface area contributed by atoms with Gasteiger partial charge >= 0.3 is 0 Å². The molecule has 0 aliphatic heterocycles. The minimum Gasteiger partial charge on any atom is -0.350 e. The maximum atomic E-state index is 13.7. The predicted molar refractivity (Wildman–Crippen MR) is 94.6 cm³/mol. The van der Waals surface area contributed by atoms with Gasteiger partial charge in [-0.15, -0.1) is 0 Å². The van der Waals surface area contributed by atoms with Gasteiger partial charge in [-0.25, -0.2) is 13.5 Å². The van der Waals surface area contributed by atoms with Crippen LogP contribution in [-0.2, 0) is 11.3 Å². The summed E-state index contributed by atoms with van der Waals surface area (Å²) < 4.78 is 28.4. The third-order valence-electron chi connectivity index (χ3n) is 4.05. The summed E-state index contributed by atoms with van der Waals surface area (Å²) in [5.41, 5.74) is 0.521. The molecule has 6 nitrogen and oxygen atoms in total. The normalized spacial score (nSPS) is 11.8. The average Bonchev–Trinajstić information content (AvgIpc) is 2.68. The smallest absolute Gasteiger partial charge is 0.267 e. The Kier molecular flexibility index (Phi) is 5.35. The highest BCUT2D eigenvalue weighted by atomic mass is 19.1. The summed E-state index contributed by atoms with van der Waals surface area (Å²) in [5.74, 6) is -2.09. The van der Waals surface area contributed by atoms with Crippen molar-refractivity contribution in [1.82, 2.24) is 20.1 Å². The number of rotatable bonds is 5. The number of aromatic nitrogens is 3. The van der Waals surface area contributed by atoms with Crippen LogP contribution >= 0.6 is 0 Å². The summed E-state index contributed by atoms with van der Waals surface area (Å²) in [4.78, 5) is 28.4. The first-order chi connectivity index (χ1) is 13.0. The van der Waals surface area contributed by atoms with Gasteiger partial charge in [0, 0.05) is 36.1 Å². The van der Waals surface area contributed by atoms with Crippen LogP contribution in [0.3, 0.4) is 0 Å². The Bertz CT molecular complexity index is 1000. The second-order valence-corrected chi connectivity index (χ2v) is 5.83. The standard InChI is InChI=1S/C19H16F2N4O2/c1-12(19(27)23-11-14-15(20)3-2-4-16(14)21)25-18(26)6-5-17(24-25)13-7-9-22-10-8-13/h2-10,12H,11H2,1H3,(H,23,27). The van der Waals surface area contributed by atoms with Crippen molar-refractivity contribution in [3.8, 4) is 11.3 Å². The molecular formula is C19H16F2N4O2. The van der Waals surface area contributed by atoms with Crippen molar-refractivity contribution >= 4 is 5.91 Å². The van der Waals surface area contributed by atoms with Crippen LogP contribution in [0, 0.1) is 11.6 Å². The first-order valence-corrected chi connectivity index (χ1v) is 8.18. The van der Waals surface area contributed by atoms with E-state index in [1.807, 2.05) is 0 Å². The second-order valence-electron chi connectivity index (χ2n) is 5.83. The molecule has 0 fully saturated rings. The summed E-state index contributed by atoms with van der Waals surface area (Å²) in [5, 5.41) is 6.66. The molecule has 2 aromatic heterocycles. The van der Waals surface area contributed by atoms with Gasteiger partial charge in [-0.3, -0.25) is 14.6 Å². The molecule has 1 aromatic carbocycles. The van der Waals surface area contributed by atoms with Gasteiger partial charge in [0.15, 0.2) is 0 Å². The molecular weight excluding hydrogens is 354 g/mol. The molecule has 8 heteroatoms. The van der Waals surface area contributed by atoms with E-state index in [1.54, 1.807) is 30.6 Å². The Morgan fingerprint density at radius 3 is 2.44 bits per heavy atom. The van der Waals surface area contributed by atoms with E-state index >= 15 is 0 Å². The van der Waals surface area contributed by atoms with Gasteiger partial charge in [-0.2, -0.15) is 5.10 Å². The zero-order valence-corrected chi connectivity index (χ0v) is 14.4. The predicted octanol–water partition coefficient (Wildman–Crippen LogP) is 2.46. The monoisotopic (exact) mass is 370 g/mol. The van der Waals surface area contributed by atoms with Crippen molar-refractivity contribution in [2.75, 3.05) is 0 Å². The number of hydrogen-bond acceptors (Lipinski definition) is 4. The van der Waals surface area contributed by atoms with E-state index in [2.05, 4.69) is 15.4 Å². The van der Waals surface area contributed by atoms with Crippen LogP contribution in [0.25, 0.3) is 11.3 Å². The minimum absolute atomic E-state index is 0.246. The van der Waals surface area contributed by atoms with E-state index in [1.165, 1.54) is 19.1 Å².